The predicted molar refractivity (Wildman–Crippen MR) is 79.0 cm³/mol. The van der Waals surface area contributed by atoms with E-state index in [1.54, 1.807) is 0 Å². The highest BCUT2D eigenvalue weighted by atomic mass is 16.5. The molecule has 0 heterocycles. The fourth-order valence-electron chi connectivity index (χ4n) is 1.78. The molecule has 0 aliphatic carbocycles. The summed E-state index contributed by atoms with van der Waals surface area (Å²) in [7, 11) is 0. The third-order valence-corrected chi connectivity index (χ3v) is 2.88. The summed E-state index contributed by atoms with van der Waals surface area (Å²) in [5, 5.41) is 3.39. The summed E-state index contributed by atoms with van der Waals surface area (Å²) >= 11 is 0. The van der Waals surface area contributed by atoms with E-state index in [1.807, 2.05) is 19.1 Å². The molecule has 0 saturated carbocycles. The molecule has 0 aliphatic heterocycles. The number of hydrogen-bond donors (Lipinski definition) is 1. The van der Waals surface area contributed by atoms with E-state index in [1.165, 1.54) is 11.1 Å². The van der Waals surface area contributed by atoms with Gasteiger partial charge in [-0.15, -0.1) is 0 Å². The SMILES string of the molecule is CCNCC(=Cc1ccccc1OCC)C(C)C. The van der Waals surface area contributed by atoms with E-state index in [0.717, 1.165) is 18.8 Å². The van der Waals surface area contributed by atoms with Gasteiger partial charge in [0.15, 0.2) is 0 Å². The lowest BCUT2D eigenvalue weighted by molar-refractivity contribution is 0.339. The first-order valence-corrected chi connectivity index (χ1v) is 6.82. The topological polar surface area (TPSA) is 21.3 Å². The van der Waals surface area contributed by atoms with Crippen LogP contribution in [0.2, 0.25) is 0 Å². The number of para-hydroxylation sites is 1. The quantitative estimate of drug-likeness (QED) is 0.792. The minimum absolute atomic E-state index is 0.540. The number of nitrogens with one attached hydrogen (secondary N) is 1. The van der Waals surface area contributed by atoms with E-state index in [4.69, 9.17) is 4.74 Å². The molecular weight excluding hydrogens is 222 g/mol. The molecule has 1 aromatic carbocycles. The van der Waals surface area contributed by atoms with Gasteiger partial charge in [-0.25, -0.2) is 0 Å². The summed E-state index contributed by atoms with van der Waals surface area (Å²) in [6, 6.07) is 8.21. The third kappa shape index (κ3) is 4.53. The van der Waals surface area contributed by atoms with Crippen molar-refractivity contribution in [2.24, 2.45) is 5.92 Å². The highest BCUT2D eigenvalue weighted by Crippen LogP contribution is 2.23. The van der Waals surface area contributed by atoms with Crippen molar-refractivity contribution in [3.8, 4) is 5.75 Å². The minimum atomic E-state index is 0.540. The van der Waals surface area contributed by atoms with E-state index in [2.05, 4.69) is 44.3 Å². The van der Waals surface area contributed by atoms with Gasteiger partial charge < -0.3 is 10.1 Å². The van der Waals surface area contributed by atoms with E-state index >= 15 is 0 Å². The highest BCUT2D eigenvalue weighted by Gasteiger charge is 2.05. The molecule has 18 heavy (non-hydrogen) atoms. The summed E-state index contributed by atoms with van der Waals surface area (Å²) in [4.78, 5) is 0. The van der Waals surface area contributed by atoms with Crippen LogP contribution in [0.4, 0.5) is 0 Å². The zero-order chi connectivity index (χ0) is 13.4. The van der Waals surface area contributed by atoms with Crippen LogP contribution in [0.1, 0.15) is 33.3 Å². The number of ether oxygens (including phenoxy) is 1. The summed E-state index contributed by atoms with van der Waals surface area (Å²) < 4.78 is 5.66. The molecule has 0 aromatic heterocycles. The van der Waals surface area contributed by atoms with Gasteiger partial charge in [-0.3, -0.25) is 0 Å². The fraction of sp³-hybridized carbons (Fsp3) is 0.500. The van der Waals surface area contributed by atoms with Crippen molar-refractivity contribution >= 4 is 6.08 Å². The van der Waals surface area contributed by atoms with Gasteiger partial charge in [-0.1, -0.05) is 50.6 Å². The van der Waals surface area contributed by atoms with E-state index in [0.29, 0.717) is 12.5 Å². The summed E-state index contributed by atoms with van der Waals surface area (Å²) in [6.45, 7) is 11.2. The Hall–Kier alpha value is -1.28. The number of benzene rings is 1. The van der Waals surface area contributed by atoms with Crippen molar-refractivity contribution in [1.82, 2.24) is 5.32 Å². The van der Waals surface area contributed by atoms with Gasteiger partial charge >= 0.3 is 0 Å². The molecule has 0 aliphatic rings. The Bertz CT molecular complexity index is 382. The molecule has 2 heteroatoms. The standard InChI is InChI=1S/C16H25NO/c1-5-17-12-15(13(3)4)11-14-9-7-8-10-16(14)18-6-2/h7-11,13,17H,5-6,12H2,1-4H3. The summed E-state index contributed by atoms with van der Waals surface area (Å²) in [6.07, 6.45) is 2.25. The van der Waals surface area contributed by atoms with Crippen LogP contribution in [-0.4, -0.2) is 19.7 Å². The van der Waals surface area contributed by atoms with Gasteiger partial charge in [0.2, 0.25) is 0 Å². The zero-order valence-electron chi connectivity index (χ0n) is 12.0. The average molecular weight is 247 g/mol. The highest BCUT2D eigenvalue weighted by molar-refractivity contribution is 5.60. The van der Waals surface area contributed by atoms with E-state index in [9.17, 15) is 0 Å². The number of hydrogen-bond acceptors (Lipinski definition) is 2. The van der Waals surface area contributed by atoms with Gasteiger partial charge in [0.25, 0.3) is 0 Å². The van der Waals surface area contributed by atoms with Crippen LogP contribution in [0.3, 0.4) is 0 Å². The lowest BCUT2D eigenvalue weighted by Gasteiger charge is -2.14. The Morgan fingerprint density at radius 1 is 1.28 bits per heavy atom. The maximum Gasteiger partial charge on any atom is 0.126 e. The maximum atomic E-state index is 5.66. The number of rotatable bonds is 7. The summed E-state index contributed by atoms with van der Waals surface area (Å²) in [5.41, 5.74) is 2.57. The van der Waals surface area contributed by atoms with E-state index in [-0.39, 0.29) is 0 Å². The third-order valence-electron chi connectivity index (χ3n) is 2.88. The van der Waals surface area contributed by atoms with Crippen LogP contribution >= 0.6 is 0 Å². The van der Waals surface area contributed by atoms with Gasteiger partial charge in [-0.05, 0) is 25.5 Å². The van der Waals surface area contributed by atoms with Gasteiger partial charge in [0.1, 0.15) is 5.75 Å². The van der Waals surface area contributed by atoms with Crippen LogP contribution in [0.15, 0.2) is 29.8 Å². The molecule has 0 unspecified atom stereocenters. The van der Waals surface area contributed by atoms with Crippen molar-refractivity contribution in [2.45, 2.75) is 27.7 Å². The van der Waals surface area contributed by atoms with E-state index < -0.39 is 0 Å². The lowest BCUT2D eigenvalue weighted by Crippen LogP contribution is -2.18. The second-order valence-electron chi connectivity index (χ2n) is 4.63. The molecule has 1 rings (SSSR count). The van der Waals surface area contributed by atoms with Gasteiger partial charge in [-0.2, -0.15) is 0 Å². The first kappa shape index (κ1) is 14.8. The zero-order valence-corrected chi connectivity index (χ0v) is 12.0. The Morgan fingerprint density at radius 2 is 2.00 bits per heavy atom. The molecule has 0 spiro atoms. The Morgan fingerprint density at radius 3 is 2.61 bits per heavy atom. The molecular formula is C16H25NO. The predicted octanol–water partition coefficient (Wildman–Crippen LogP) is 3.73. The monoisotopic (exact) mass is 247 g/mol. The maximum absolute atomic E-state index is 5.66. The largest absolute Gasteiger partial charge is 0.493 e. The molecule has 0 saturated heterocycles. The summed E-state index contributed by atoms with van der Waals surface area (Å²) in [5.74, 6) is 1.51. The normalized spacial score (nSPS) is 11.9. The Labute approximate surface area is 111 Å². The van der Waals surface area contributed by atoms with Crippen LogP contribution in [0.25, 0.3) is 6.08 Å². The average Bonchev–Trinajstić information content (AvgIpc) is 2.36. The van der Waals surface area contributed by atoms with Crippen LogP contribution < -0.4 is 10.1 Å². The second kappa shape index (κ2) is 7.93. The van der Waals surface area contributed by atoms with Crippen LogP contribution in [0.5, 0.6) is 5.75 Å². The van der Waals surface area contributed by atoms with Crippen LogP contribution in [-0.2, 0) is 0 Å². The van der Waals surface area contributed by atoms with Crippen molar-refractivity contribution in [3.05, 3.63) is 35.4 Å². The van der Waals surface area contributed by atoms with Crippen molar-refractivity contribution in [1.29, 1.82) is 0 Å². The first-order valence-electron chi connectivity index (χ1n) is 6.82. The number of likely N-dealkylation sites (N-methyl/N-ethyl adjacent to an activating group) is 1. The molecule has 100 valence electrons. The lowest BCUT2D eigenvalue weighted by atomic mass is 10.00. The van der Waals surface area contributed by atoms with Crippen LogP contribution in [0, 0.1) is 5.92 Å². The molecule has 2 nitrogen and oxygen atoms in total. The molecule has 0 bridgehead atoms. The van der Waals surface area contributed by atoms with Gasteiger partial charge in [0, 0.05) is 12.1 Å². The Balaban J connectivity index is 2.95. The molecule has 1 aromatic rings. The fourth-order valence-corrected chi connectivity index (χ4v) is 1.78. The van der Waals surface area contributed by atoms with Crippen molar-refractivity contribution in [2.75, 3.05) is 19.7 Å². The Kier molecular flexibility index (Phi) is 6.51. The smallest absolute Gasteiger partial charge is 0.126 e. The van der Waals surface area contributed by atoms with Crippen molar-refractivity contribution in [3.63, 3.8) is 0 Å². The van der Waals surface area contributed by atoms with Gasteiger partial charge in [0.05, 0.1) is 6.61 Å². The molecule has 0 radical (unpaired) electrons. The molecule has 0 fully saturated rings. The molecule has 0 amide bonds. The first-order chi connectivity index (χ1) is 8.69. The van der Waals surface area contributed by atoms with Crippen molar-refractivity contribution < 1.29 is 4.74 Å². The second-order valence-corrected chi connectivity index (χ2v) is 4.63. The molecule has 1 N–H and O–H groups in total. The minimum Gasteiger partial charge on any atom is -0.493 e. The molecule has 0 atom stereocenters.